The van der Waals surface area contributed by atoms with E-state index < -0.39 is 10.0 Å². The fraction of sp³-hybridized carbons (Fsp3) is 0.571. The molecule has 2 saturated heterocycles. The van der Waals surface area contributed by atoms with Gasteiger partial charge < -0.3 is 10.8 Å². The number of nitrogens with zero attached hydrogens (tertiary/aromatic N) is 1. The molecule has 3 rings (SSSR count). The van der Waals surface area contributed by atoms with E-state index in [1.807, 2.05) is 0 Å². The third kappa shape index (κ3) is 2.26. The molecular formula is C14H20N2O3S. The van der Waals surface area contributed by atoms with Gasteiger partial charge in [-0.25, -0.2) is 8.42 Å². The maximum atomic E-state index is 12.8. The Morgan fingerprint density at radius 1 is 1.15 bits per heavy atom. The van der Waals surface area contributed by atoms with Crippen molar-refractivity contribution in [2.45, 2.75) is 55.3 Å². The number of sulfonamides is 1. The summed E-state index contributed by atoms with van der Waals surface area (Å²) < 4.78 is 27.2. The van der Waals surface area contributed by atoms with Crippen LogP contribution < -0.4 is 5.73 Å². The maximum Gasteiger partial charge on any atom is 0.243 e. The Kier molecular flexibility index (Phi) is 3.58. The molecule has 20 heavy (non-hydrogen) atoms. The van der Waals surface area contributed by atoms with Crippen LogP contribution in [0.5, 0.6) is 0 Å². The average Bonchev–Trinajstić information content (AvgIpc) is 2.72. The lowest BCUT2D eigenvalue weighted by molar-refractivity contribution is 0.0769. The number of aliphatic hydroxyl groups excluding tert-OH is 1. The summed E-state index contributed by atoms with van der Waals surface area (Å²) in [4.78, 5) is 0.322. The second kappa shape index (κ2) is 5.11. The van der Waals surface area contributed by atoms with Crippen LogP contribution in [0.1, 0.15) is 31.2 Å². The molecule has 0 saturated carbocycles. The zero-order valence-electron chi connectivity index (χ0n) is 11.3. The quantitative estimate of drug-likeness (QED) is 0.865. The minimum Gasteiger partial charge on any atom is -0.393 e. The van der Waals surface area contributed by atoms with Gasteiger partial charge in [0.05, 0.1) is 11.0 Å². The molecule has 0 aromatic heterocycles. The van der Waals surface area contributed by atoms with Crippen molar-refractivity contribution in [2.24, 2.45) is 5.73 Å². The fourth-order valence-corrected chi connectivity index (χ4v) is 5.31. The van der Waals surface area contributed by atoms with Crippen LogP contribution in [0.4, 0.5) is 0 Å². The first-order valence-electron chi connectivity index (χ1n) is 7.03. The van der Waals surface area contributed by atoms with Crippen LogP contribution in [-0.4, -0.2) is 36.0 Å². The molecule has 2 heterocycles. The molecule has 0 amide bonds. The number of rotatable bonds is 3. The molecule has 5 nitrogen and oxygen atoms in total. The van der Waals surface area contributed by atoms with E-state index in [1.165, 1.54) is 0 Å². The predicted molar refractivity (Wildman–Crippen MR) is 75.4 cm³/mol. The zero-order chi connectivity index (χ0) is 14.3. The molecular weight excluding hydrogens is 276 g/mol. The largest absolute Gasteiger partial charge is 0.393 e. The van der Waals surface area contributed by atoms with Crippen molar-refractivity contribution in [3.05, 3.63) is 29.8 Å². The van der Waals surface area contributed by atoms with Crippen molar-refractivity contribution < 1.29 is 13.5 Å². The molecule has 0 aliphatic carbocycles. The van der Waals surface area contributed by atoms with Gasteiger partial charge in [-0.2, -0.15) is 4.31 Å². The van der Waals surface area contributed by atoms with Crippen LogP contribution in [0.2, 0.25) is 0 Å². The lowest BCUT2D eigenvalue weighted by Crippen LogP contribution is -2.47. The molecule has 2 aliphatic heterocycles. The summed E-state index contributed by atoms with van der Waals surface area (Å²) in [5.74, 6) is 0. The Bertz CT molecular complexity index is 571. The molecule has 6 heteroatoms. The number of nitrogens with two attached hydrogens (primary N) is 1. The van der Waals surface area contributed by atoms with Gasteiger partial charge in [-0.1, -0.05) is 12.1 Å². The molecule has 1 aromatic carbocycles. The number of benzene rings is 1. The number of aliphatic hydroxyl groups is 1. The van der Waals surface area contributed by atoms with E-state index in [0.717, 1.165) is 18.4 Å². The summed E-state index contributed by atoms with van der Waals surface area (Å²) in [6.07, 6.45) is 2.44. The smallest absolute Gasteiger partial charge is 0.243 e. The lowest BCUT2D eigenvalue weighted by atomic mass is 10.0. The number of hydrogen-bond acceptors (Lipinski definition) is 4. The van der Waals surface area contributed by atoms with Crippen LogP contribution >= 0.6 is 0 Å². The van der Waals surface area contributed by atoms with E-state index in [-0.39, 0.29) is 18.2 Å². The molecule has 3 N–H and O–H groups in total. The van der Waals surface area contributed by atoms with Crippen molar-refractivity contribution in [3.63, 3.8) is 0 Å². The Balaban J connectivity index is 1.92. The van der Waals surface area contributed by atoms with E-state index >= 15 is 0 Å². The highest BCUT2D eigenvalue weighted by Crippen LogP contribution is 2.39. The third-order valence-electron chi connectivity index (χ3n) is 4.38. The highest BCUT2D eigenvalue weighted by molar-refractivity contribution is 7.89. The van der Waals surface area contributed by atoms with E-state index in [9.17, 15) is 13.5 Å². The third-order valence-corrected chi connectivity index (χ3v) is 6.39. The summed E-state index contributed by atoms with van der Waals surface area (Å²) in [7, 11) is -3.46. The molecule has 1 aromatic rings. The van der Waals surface area contributed by atoms with E-state index in [4.69, 9.17) is 5.73 Å². The minimum atomic E-state index is -3.46. The predicted octanol–water partition coefficient (Wildman–Crippen LogP) is 0.822. The molecule has 2 bridgehead atoms. The van der Waals surface area contributed by atoms with Gasteiger partial charge in [-0.05, 0) is 43.4 Å². The molecule has 110 valence electrons. The number of fused-ring (bicyclic) bond motifs is 2. The molecule has 0 spiro atoms. The fourth-order valence-electron chi connectivity index (χ4n) is 3.42. The van der Waals surface area contributed by atoms with Crippen molar-refractivity contribution in [3.8, 4) is 0 Å². The Morgan fingerprint density at radius 2 is 1.70 bits per heavy atom. The van der Waals surface area contributed by atoms with Crippen LogP contribution in [0.3, 0.4) is 0 Å². The molecule has 2 aliphatic rings. The molecule has 0 radical (unpaired) electrons. The van der Waals surface area contributed by atoms with Crippen LogP contribution in [-0.2, 0) is 16.6 Å². The summed E-state index contributed by atoms with van der Waals surface area (Å²) in [6.45, 7) is 0.404. The van der Waals surface area contributed by atoms with Gasteiger partial charge in [-0.15, -0.1) is 0 Å². The minimum absolute atomic E-state index is 0.0528. The summed E-state index contributed by atoms with van der Waals surface area (Å²) in [6, 6.07) is 6.66. The normalized spacial score (nSPS) is 30.6. The highest BCUT2D eigenvalue weighted by Gasteiger charge is 2.46. The average molecular weight is 296 g/mol. The monoisotopic (exact) mass is 296 g/mol. The van der Waals surface area contributed by atoms with Gasteiger partial charge in [0, 0.05) is 18.6 Å². The molecule has 2 unspecified atom stereocenters. The Morgan fingerprint density at radius 3 is 2.20 bits per heavy atom. The maximum absolute atomic E-state index is 12.8. The zero-order valence-corrected chi connectivity index (χ0v) is 12.1. The summed E-state index contributed by atoms with van der Waals surface area (Å²) in [5, 5.41) is 9.78. The lowest BCUT2D eigenvalue weighted by Gasteiger charge is -2.36. The van der Waals surface area contributed by atoms with E-state index in [0.29, 0.717) is 24.3 Å². The van der Waals surface area contributed by atoms with Crippen LogP contribution in [0.25, 0.3) is 0 Å². The van der Waals surface area contributed by atoms with E-state index in [1.54, 1.807) is 28.6 Å². The number of hydrogen-bond donors (Lipinski definition) is 2. The number of piperidine rings is 1. The topological polar surface area (TPSA) is 83.6 Å². The summed E-state index contributed by atoms with van der Waals surface area (Å²) in [5.41, 5.74) is 6.45. The Hall–Kier alpha value is -0.950. The first kappa shape index (κ1) is 14.0. The van der Waals surface area contributed by atoms with Crippen molar-refractivity contribution in [2.75, 3.05) is 0 Å². The second-order valence-corrected chi connectivity index (χ2v) is 7.54. The first-order valence-corrected chi connectivity index (χ1v) is 8.47. The van der Waals surface area contributed by atoms with Crippen molar-refractivity contribution in [1.29, 1.82) is 0 Å². The van der Waals surface area contributed by atoms with Gasteiger partial charge in [0.1, 0.15) is 0 Å². The van der Waals surface area contributed by atoms with E-state index in [2.05, 4.69) is 0 Å². The first-order chi connectivity index (χ1) is 9.52. The van der Waals surface area contributed by atoms with Gasteiger partial charge in [-0.3, -0.25) is 0 Å². The van der Waals surface area contributed by atoms with Crippen molar-refractivity contribution in [1.82, 2.24) is 4.31 Å². The van der Waals surface area contributed by atoms with Crippen LogP contribution in [0.15, 0.2) is 29.2 Å². The SMILES string of the molecule is NCc1ccc(S(=O)(=O)N2C3CCC2CC(O)C3)cc1. The van der Waals surface area contributed by atoms with Crippen molar-refractivity contribution >= 4 is 10.0 Å². The summed E-state index contributed by atoms with van der Waals surface area (Å²) >= 11 is 0. The second-order valence-electron chi connectivity index (χ2n) is 5.69. The van der Waals surface area contributed by atoms with Crippen LogP contribution in [0, 0.1) is 0 Å². The highest BCUT2D eigenvalue weighted by atomic mass is 32.2. The van der Waals surface area contributed by atoms with Gasteiger partial charge >= 0.3 is 0 Å². The Labute approximate surface area is 119 Å². The van der Waals surface area contributed by atoms with Gasteiger partial charge in [0.2, 0.25) is 10.0 Å². The molecule has 2 atom stereocenters. The molecule has 2 fully saturated rings. The standard InChI is InChI=1S/C14H20N2O3S/c15-9-10-1-5-14(6-2-10)20(18,19)16-11-3-4-12(16)8-13(17)7-11/h1-2,5-6,11-13,17H,3-4,7-9,15H2. The van der Waals surface area contributed by atoms with Gasteiger partial charge in [0.25, 0.3) is 0 Å². The van der Waals surface area contributed by atoms with Gasteiger partial charge in [0.15, 0.2) is 0 Å².